The van der Waals surface area contributed by atoms with E-state index in [1.54, 1.807) is 6.20 Å². The molecule has 6 N–H and O–H groups in total. The Morgan fingerprint density at radius 2 is 2.04 bits per heavy atom. The molecule has 0 aliphatic heterocycles. The highest BCUT2D eigenvalue weighted by Crippen LogP contribution is 2.11. The van der Waals surface area contributed by atoms with Crippen molar-refractivity contribution in [3.8, 4) is 0 Å². The summed E-state index contributed by atoms with van der Waals surface area (Å²) < 4.78 is 0. The number of Topliss-reactive ketones (excluding diaryl/α,β-unsaturated/α-hetero) is 1. The smallest absolute Gasteiger partial charge is 0.262 e. The molecule has 0 atom stereocenters. The molecule has 7 heteroatoms. The molecule has 118 valence electrons. The van der Waals surface area contributed by atoms with E-state index in [4.69, 9.17) is 5.73 Å². The van der Waals surface area contributed by atoms with Crippen LogP contribution in [0, 0.1) is 0 Å². The number of nitrogen functional groups attached to an aromatic ring is 1. The number of quaternary nitrogens is 1. The number of carbonyl (C=O) groups excluding carboxylic acids is 1. The van der Waals surface area contributed by atoms with E-state index in [1.807, 2.05) is 35.6 Å². The molecule has 0 aliphatic carbocycles. The molecule has 0 unspecified atom stereocenters. The number of hydrogen-bond donors (Lipinski definition) is 4. The largest absolute Gasteiger partial charge is 0.369 e. The molecule has 3 rings (SSSR count). The van der Waals surface area contributed by atoms with Gasteiger partial charge in [0.25, 0.3) is 5.56 Å². The molecule has 0 spiro atoms. The fourth-order valence-corrected chi connectivity index (χ4v) is 2.54. The Morgan fingerprint density at radius 3 is 2.83 bits per heavy atom. The van der Waals surface area contributed by atoms with Crippen LogP contribution in [0.4, 0.5) is 5.95 Å². The van der Waals surface area contributed by atoms with Crippen LogP contribution < -0.4 is 16.6 Å². The molecular formula is C16H18N5O2+. The molecule has 0 saturated carbocycles. The molecule has 2 heterocycles. The molecule has 23 heavy (non-hydrogen) atoms. The van der Waals surface area contributed by atoms with Crippen molar-refractivity contribution in [1.82, 2.24) is 15.0 Å². The van der Waals surface area contributed by atoms with Gasteiger partial charge in [-0.3, -0.25) is 14.6 Å². The minimum absolute atomic E-state index is 0.0911. The highest BCUT2D eigenvalue weighted by molar-refractivity contribution is 5.96. The number of aromatic nitrogens is 3. The Bertz CT molecular complexity index is 882. The molecule has 1 aromatic carbocycles. The summed E-state index contributed by atoms with van der Waals surface area (Å²) >= 11 is 0. The molecular weight excluding hydrogens is 294 g/mol. The topological polar surface area (TPSA) is 121 Å². The maximum absolute atomic E-state index is 12.0. The third-order valence-electron chi connectivity index (χ3n) is 3.68. The monoisotopic (exact) mass is 312 g/mol. The van der Waals surface area contributed by atoms with Crippen molar-refractivity contribution < 1.29 is 10.1 Å². The van der Waals surface area contributed by atoms with Gasteiger partial charge in [0.2, 0.25) is 5.95 Å². The minimum Gasteiger partial charge on any atom is -0.369 e. The van der Waals surface area contributed by atoms with Gasteiger partial charge in [-0.25, -0.2) is 0 Å². The molecule has 7 nitrogen and oxygen atoms in total. The molecule has 0 aliphatic rings. The molecule has 0 radical (unpaired) electrons. The van der Waals surface area contributed by atoms with Crippen molar-refractivity contribution in [1.29, 1.82) is 0 Å². The summed E-state index contributed by atoms with van der Waals surface area (Å²) in [4.78, 5) is 33.4. The second-order valence-electron chi connectivity index (χ2n) is 5.31. The lowest BCUT2D eigenvalue weighted by Crippen LogP contribution is -2.82. The number of nitrogens with two attached hydrogens (primary N) is 2. The zero-order chi connectivity index (χ0) is 16.2. The fraction of sp³-hybridized carbons (Fsp3) is 0.188. The van der Waals surface area contributed by atoms with E-state index in [-0.39, 0.29) is 17.3 Å². The SMILES string of the molecule is Nc1nc2[nH]cc(C[NH2+]CCC(=O)c3ccccc3)c2c(=O)[nH]1. The molecule has 2 aromatic heterocycles. The Morgan fingerprint density at radius 1 is 1.26 bits per heavy atom. The number of nitrogens with one attached hydrogen (secondary N) is 2. The van der Waals surface area contributed by atoms with E-state index < -0.39 is 0 Å². The van der Waals surface area contributed by atoms with Crippen LogP contribution in [0.2, 0.25) is 0 Å². The quantitative estimate of drug-likeness (QED) is 0.383. The van der Waals surface area contributed by atoms with Gasteiger partial charge in [0, 0.05) is 17.3 Å². The predicted molar refractivity (Wildman–Crippen MR) is 87.0 cm³/mol. The average Bonchev–Trinajstić information content (AvgIpc) is 2.95. The molecule has 0 saturated heterocycles. The number of ketones is 1. The number of benzene rings is 1. The number of carbonyl (C=O) groups is 1. The zero-order valence-electron chi connectivity index (χ0n) is 12.5. The lowest BCUT2D eigenvalue weighted by molar-refractivity contribution is -0.669. The van der Waals surface area contributed by atoms with Crippen molar-refractivity contribution in [2.24, 2.45) is 0 Å². The van der Waals surface area contributed by atoms with E-state index >= 15 is 0 Å². The number of rotatable bonds is 6. The molecule has 0 bridgehead atoms. The zero-order valence-corrected chi connectivity index (χ0v) is 12.5. The van der Waals surface area contributed by atoms with Gasteiger partial charge in [0.05, 0.1) is 18.4 Å². The minimum atomic E-state index is -0.252. The van der Waals surface area contributed by atoms with Crippen LogP contribution in [0.1, 0.15) is 22.3 Å². The van der Waals surface area contributed by atoms with Gasteiger partial charge in [-0.2, -0.15) is 4.98 Å². The highest BCUT2D eigenvalue weighted by atomic mass is 16.1. The van der Waals surface area contributed by atoms with Crippen LogP contribution in [-0.2, 0) is 6.54 Å². The van der Waals surface area contributed by atoms with Gasteiger partial charge in [0.1, 0.15) is 12.2 Å². The summed E-state index contributed by atoms with van der Waals surface area (Å²) in [7, 11) is 0. The van der Waals surface area contributed by atoms with Gasteiger partial charge in [0.15, 0.2) is 5.78 Å². The van der Waals surface area contributed by atoms with Crippen LogP contribution in [-0.4, -0.2) is 27.3 Å². The van der Waals surface area contributed by atoms with Crippen molar-refractivity contribution >= 4 is 22.8 Å². The fourth-order valence-electron chi connectivity index (χ4n) is 2.54. The maximum atomic E-state index is 12.0. The first kappa shape index (κ1) is 15.0. The normalized spacial score (nSPS) is 11.0. The van der Waals surface area contributed by atoms with Crippen molar-refractivity contribution in [2.45, 2.75) is 13.0 Å². The number of H-pyrrole nitrogens is 2. The molecule has 3 aromatic rings. The Hall–Kier alpha value is -2.93. The standard InChI is InChI=1S/C16H17N5O2/c17-16-20-14-13(15(23)21-16)11(9-19-14)8-18-7-6-12(22)10-4-2-1-3-5-10/h1-5,9,18H,6-8H2,(H4,17,19,20,21,23)/p+1. The number of hydrogen-bond acceptors (Lipinski definition) is 4. The van der Waals surface area contributed by atoms with Crippen LogP contribution in [0.25, 0.3) is 11.0 Å². The number of aromatic amines is 2. The summed E-state index contributed by atoms with van der Waals surface area (Å²) in [5.74, 6) is 0.210. The second-order valence-corrected chi connectivity index (χ2v) is 5.31. The van der Waals surface area contributed by atoms with Gasteiger partial charge in [-0.05, 0) is 0 Å². The van der Waals surface area contributed by atoms with Gasteiger partial charge in [-0.15, -0.1) is 0 Å². The Balaban J connectivity index is 1.59. The number of anilines is 1. The third-order valence-corrected chi connectivity index (χ3v) is 3.68. The maximum Gasteiger partial charge on any atom is 0.262 e. The van der Waals surface area contributed by atoms with Gasteiger partial charge in [-0.1, -0.05) is 30.3 Å². The lowest BCUT2D eigenvalue weighted by atomic mass is 10.1. The number of nitrogens with zero attached hydrogens (tertiary/aromatic N) is 1. The van der Waals surface area contributed by atoms with E-state index in [2.05, 4.69) is 15.0 Å². The van der Waals surface area contributed by atoms with E-state index in [1.165, 1.54) is 0 Å². The van der Waals surface area contributed by atoms with E-state index in [9.17, 15) is 9.59 Å². The van der Waals surface area contributed by atoms with Gasteiger partial charge < -0.3 is 16.0 Å². The van der Waals surface area contributed by atoms with Crippen LogP contribution in [0.5, 0.6) is 0 Å². The summed E-state index contributed by atoms with van der Waals surface area (Å²) in [5.41, 5.74) is 7.32. The highest BCUT2D eigenvalue weighted by Gasteiger charge is 2.12. The van der Waals surface area contributed by atoms with Crippen molar-refractivity contribution in [3.63, 3.8) is 0 Å². The van der Waals surface area contributed by atoms with Crippen molar-refractivity contribution in [2.75, 3.05) is 12.3 Å². The number of fused-ring (bicyclic) bond motifs is 1. The predicted octanol–water partition coefficient (Wildman–Crippen LogP) is 0.170. The summed E-state index contributed by atoms with van der Waals surface area (Å²) in [6.45, 7) is 1.25. The molecule has 0 fully saturated rings. The first-order valence-electron chi connectivity index (χ1n) is 7.41. The summed E-state index contributed by atoms with van der Waals surface area (Å²) in [5, 5.41) is 2.52. The second kappa shape index (κ2) is 6.45. The average molecular weight is 312 g/mol. The van der Waals surface area contributed by atoms with Crippen LogP contribution in [0.3, 0.4) is 0 Å². The van der Waals surface area contributed by atoms with E-state index in [0.717, 1.165) is 11.1 Å². The molecule has 0 amide bonds. The lowest BCUT2D eigenvalue weighted by Gasteiger charge is -2.01. The van der Waals surface area contributed by atoms with Crippen molar-refractivity contribution in [3.05, 3.63) is 58.0 Å². The summed E-state index contributed by atoms with van der Waals surface area (Å²) in [6, 6.07) is 9.23. The Labute approximate surface area is 131 Å². The van der Waals surface area contributed by atoms with Gasteiger partial charge >= 0.3 is 0 Å². The third kappa shape index (κ3) is 3.29. The first-order valence-corrected chi connectivity index (χ1v) is 7.41. The van der Waals surface area contributed by atoms with E-state index in [0.29, 0.717) is 30.5 Å². The first-order chi connectivity index (χ1) is 11.1. The van der Waals surface area contributed by atoms with Crippen LogP contribution in [0.15, 0.2) is 41.3 Å². The van der Waals surface area contributed by atoms with Crippen LogP contribution >= 0.6 is 0 Å². The summed E-state index contributed by atoms with van der Waals surface area (Å²) in [6.07, 6.45) is 2.20. The Kier molecular flexibility index (Phi) is 4.20.